The summed E-state index contributed by atoms with van der Waals surface area (Å²) in [5.74, 6) is 0.801. The van der Waals surface area contributed by atoms with E-state index >= 15 is 0 Å². The molecule has 94 valence electrons. The minimum absolute atomic E-state index is 0.801. The van der Waals surface area contributed by atoms with Crippen LogP contribution in [0.5, 0.6) is 0 Å². The molecule has 0 amide bonds. The van der Waals surface area contributed by atoms with Crippen LogP contribution in [0.4, 0.5) is 5.69 Å². The summed E-state index contributed by atoms with van der Waals surface area (Å²) in [6.45, 7) is 7.94. The van der Waals surface area contributed by atoms with E-state index in [1.54, 1.807) is 0 Å². The van der Waals surface area contributed by atoms with E-state index < -0.39 is 0 Å². The number of piperidine rings is 1. The highest BCUT2D eigenvalue weighted by Gasteiger charge is 2.16. The molecule has 1 saturated heterocycles. The molecule has 2 nitrogen and oxygen atoms in total. The van der Waals surface area contributed by atoms with Crippen molar-refractivity contribution >= 4 is 5.69 Å². The van der Waals surface area contributed by atoms with Crippen LogP contribution in [-0.2, 0) is 0 Å². The molecule has 1 aromatic carbocycles. The second-order valence-corrected chi connectivity index (χ2v) is 5.45. The fraction of sp³-hybridized carbons (Fsp3) is 0.600. The Hall–Kier alpha value is -1.02. The molecule has 0 radical (unpaired) electrons. The number of hydrogen-bond acceptors (Lipinski definition) is 2. The van der Waals surface area contributed by atoms with Crippen molar-refractivity contribution in [3.63, 3.8) is 0 Å². The van der Waals surface area contributed by atoms with Crippen LogP contribution in [-0.4, -0.2) is 31.6 Å². The van der Waals surface area contributed by atoms with Crippen LogP contribution in [0.3, 0.4) is 0 Å². The molecule has 17 heavy (non-hydrogen) atoms. The van der Waals surface area contributed by atoms with E-state index in [9.17, 15) is 0 Å². The lowest BCUT2D eigenvalue weighted by Gasteiger charge is -2.30. The summed E-state index contributed by atoms with van der Waals surface area (Å²) in [4.78, 5) is 2.44. The first-order valence-electron chi connectivity index (χ1n) is 6.65. The van der Waals surface area contributed by atoms with Crippen LogP contribution >= 0.6 is 0 Å². The lowest BCUT2D eigenvalue weighted by Crippen LogP contribution is -2.35. The van der Waals surface area contributed by atoms with Crippen molar-refractivity contribution in [2.45, 2.75) is 26.7 Å². The topological polar surface area (TPSA) is 15.3 Å². The van der Waals surface area contributed by atoms with Gasteiger partial charge in [-0.1, -0.05) is 6.07 Å². The summed E-state index contributed by atoms with van der Waals surface area (Å²) in [7, 11) is 2.22. The number of nitrogens with zero attached hydrogens (tertiary/aromatic N) is 1. The zero-order valence-electron chi connectivity index (χ0n) is 11.3. The van der Waals surface area contributed by atoms with E-state index in [1.807, 2.05) is 0 Å². The third-order valence-corrected chi connectivity index (χ3v) is 3.82. The van der Waals surface area contributed by atoms with Crippen LogP contribution in [0.2, 0.25) is 0 Å². The molecule has 1 unspecified atom stereocenters. The maximum Gasteiger partial charge on any atom is 0.0343 e. The highest BCUT2D eigenvalue weighted by atomic mass is 15.1. The smallest absolute Gasteiger partial charge is 0.0343 e. The van der Waals surface area contributed by atoms with Crippen LogP contribution in [0.15, 0.2) is 18.2 Å². The SMILES string of the molecule is Cc1ccc(NCC2CCCN(C)C2)cc1C. The minimum Gasteiger partial charge on any atom is -0.385 e. The van der Waals surface area contributed by atoms with Gasteiger partial charge in [0.25, 0.3) is 0 Å². The lowest BCUT2D eigenvalue weighted by molar-refractivity contribution is 0.217. The number of benzene rings is 1. The van der Waals surface area contributed by atoms with E-state index in [2.05, 4.69) is 49.3 Å². The monoisotopic (exact) mass is 232 g/mol. The zero-order chi connectivity index (χ0) is 12.3. The Bertz CT molecular complexity index is 373. The molecule has 0 aliphatic carbocycles. The molecule has 0 aromatic heterocycles. The third kappa shape index (κ3) is 3.47. The second-order valence-electron chi connectivity index (χ2n) is 5.45. The Morgan fingerprint density at radius 3 is 2.82 bits per heavy atom. The number of likely N-dealkylation sites (tertiary alicyclic amines) is 1. The Labute approximate surface area is 105 Å². The van der Waals surface area contributed by atoms with E-state index in [0.29, 0.717) is 0 Å². The van der Waals surface area contributed by atoms with Crippen molar-refractivity contribution in [3.05, 3.63) is 29.3 Å². The van der Waals surface area contributed by atoms with Crippen molar-refractivity contribution in [1.29, 1.82) is 0 Å². The van der Waals surface area contributed by atoms with Gasteiger partial charge >= 0.3 is 0 Å². The Kier molecular flexibility index (Phi) is 4.06. The molecule has 0 bridgehead atoms. The number of aryl methyl sites for hydroxylation is 2. The largest absolute Gasteiger partial charge is 0.385 e. The summed E-state index contributed by atoms with van der Waals surface area (Å²) in [6, 6.07) is 6.64. The normalized spacial score (nSPS) is 21.5. The molecule has 1 aliphatic heterocycles. The summed E-state index contributed by atoms with van der Waals surface area (Å²) < 4.78 is 0. The van der Waals surface area contributed by atoms with Crippen molar-refractivity contribution in [3.8, 4) is 0 Å². The standard InChI is InChI=1S/C15H24N2/c1-12-6-7-15(9-13(12)2)16-10-14-5-4-8-17(3)11-14/h6-7,9,14,16H,4-5,8,10-11H2,1-3H3. The molecule has 0 saturated carbocycles. The van der Waals surface area contributed by atoms with Gasteiger partial charge in [-0.25, -0.2) is 0 Å². The van der Waals surface area contributed by atoms with Gasteiger partial charge in [0, 0.05) is 18.8 Å². The maximum atomic E-state index is 3.58. The van der Waals surface area contributed by atoms with Gasteiger partial charge in [-0.15, -0.1) is 0 Å². The Morgan fingerprint density at radius 1 is 1.29 bits per heavy atom. The third-order valence-electron chi connectivity index (χ3n) is 3.82. The molecule has 1 aromatic rings. The Balaban J connectivity index is 1.86. The zero-order valence-corrected chi connectivity index (χ0v) is 11.3. The van der Waals surface area contributed by atoms with Crippen LogP contribution in [0.1, 0.15) is 24.0 Å². The summed E-state index contributed by atoms with van der Waals surface area (Å²) in [5.41, 5.74) is 4.00. The van der Waals surface area contributed by atoms with Crippen molar-refractivity contribution in [2.24, 2.45) is 5.92 Å². The average molecular weight is 232 g/mol. The van der Waals surface area contributed by atoms with E-state index in [0.717, 1.165) is 12.5 Å². The van der Waals surface area contributed by atoms with Crippen molar-refractivity contribution in [1.82, 2.24) is 4.90 Å². The lowest BCUT2D eigenvalue weighted by atomic mass is 9.98. The van der Waals surface area contributed by atoms with E-state index in [1.165, 1.54) is 42.7 Å². The molecule has 1 fully saturated rings. The fourth-order valence-corrected chi connectivity index (χ4v) is 2.55. The van der Waals surface area contributed by atoms with Gasteiger partial charge < -0.3 is 10.2 Å². The van der Waals surface area contributed by atoms with Gasteiger partial charge in [-0.2, -0.15) is 0 Å². The van der Waals surface area contributed by atoms with E-state index in [-0.39, 0.29) is 0 Å². The van der Waals surface area contributed by atoms with Crippen molar-refractivity contribution < 1.29 is 0 Å². The van der Waals surface area contributed by atoms with Gasteiger partial charge in [0.15, 0.2) is 0 Å². The molecule has 1 heterocycles. The first-order valence-corrected chi connectivity index (χ1v) is 6.65. The molecule has 1 N–H and O–H groups in total. The highest BCUT2D eigenvalue weighted by molar-refractivity contribution is 5.48. The molecule has 2 rings (SSSR count). The highest BCUT2D eigenvalue weighted by Crippen LogP contribution is 2.18. The van der Waals surface area contributed by atoms with E-state index in [4.69, 9.17) is 0 Å². The first-order chi connectivity index (χ1) is 8.15. The molecule has 1 aliphatic rings. The fourth-order valence-electron chi connectivity index (χ4n) is 2.55. The minimum atomic E-state index is 0.801. The maximum absolute atomic E-state index is 3.58. The Morgan fingerprint density at radius 2 is 2.12 bits per heavy atom. The average Bonchev–Trinajstić information content (AvgIpc) is 2.31. The molecule has 2 heteroatoms. The molecular weight excluding hydrogens is 208 g/mol. The molecular formula is C15H24N2. The number of anilines is 1. The molecule has 1 atom stereocenters. The van der Waals surface area contributed by atoms with Crippen LogP contribution < -0.4 is 5.32 Å². The van der Waals surface area contributed by atoms with Gasteiger partial charge in [-0.05, 0) is 69.5 Å². The van der Waals surface area contributed by atoms with Gasteiger partial charge in [0.2, 0.25) is 0 Å². The van der Waals surface area contributed by atoms with Crippen LogP contribution in [0, 0.1) is 19.8 Å². The number of rotatable bonds is 3. The quantitative estimate of drug-likeness (QED) is 0.861. The second kappa shape index (κ2) is 5.54. The first kappa shape index (κ1) is 12.4. The predicted molar refractivity (Wildman–Crippen MR) is 74.6 cm³/mol. The number of hydrogen-bond donors (Lipinski definition) is 1. The summed E-state index contributed by atoms with van der Waals surface area (Å²) in [6.07, 6.45) is 2.71. The van der Waals surface area contributed by atoms with Gasteiger partial charge in [-0.3, -0.25) is 0 Å². The predicted octanol–water partition coefficient (Wildman–Crippen LogP) is 3.06. The summed E-state index contributed by atoms with van der Waals surface area (Å²) in [5, 5.41) is 3.58. The van der Waals surface area contributed by atoms with Crippen LogP contribution in [0.25, 0.3) is 0 Å². The molecule has 0 spiro atoms. The van der Waals surface area contributed by atoms with Gasteiger partial charge in [0.1, 0.15) is 0 Å². The number of nitrogens with one attached hydrogen (secondary N) is 1. The summed E-state index contributed by atoms with van der Waals surface area (Å²) >= 11 is 0. The van der Waals surface area contributed by atoms with Crippen molar-refractivity contribution in [2.75, 3.05) is 32.0 Å². The van der Waals surface area contributed by atoms with Gasteiger partial charge in [0.05, 0.1) is 0 Å².